The number of carbonyl (C=O) groups excluding carboxylic acids is 1. The van der Waals surface area contributed by atoms with E-state index in [0.29, 0.717) is 29.7 Å². The number of hydrazine groups is 1. The van der Waals surface area contributed by atoms with Crippen molar-refractivity contribution >= 4 is 17.4 Å². The minimum absolute atomic E-state index is 0.000430. The number of aliphatic hydroxyl groups excluding tert-OH is 2. The zero-order chi connectivity index (χ0) is 26.9. The summed E-state index contributed by atoms with van der Waals surface area (Å²) in [6.07, 6.45) is 3.58. The van der Waals surface area contributed by atoms with Crippen LogP contribution in [0.15, 0.2) is 30.5 Å². The van der Waals surface area contributed by atoms with Crippen LogP contribution in [0.1, 0.15) is 49.6 Å². The summed E-state index contributed by atoms with van der Waals surface area (Å²) < 4.78 is 11.3. The van der Waals surface area contributed by atoms with Gasteiger partial charge in [0.15, 0.2) is 5.76 Å². The Kier molecular flexibility index (Phi) is 10.1. The van der Waals surface area contributed by atoms with E-state index in [1.54, 1.807) is 12.1 Å². The van der Waals surface area contributed by atoms with Crippen molar-refractivity contribution in [1.29, 1.82) is 0 Å². The number of aromatic nitrogens is 1. The van der Waals surface area contributed by atoms with Crippen LogP contribution in [0.3, 0.4) is 0 Å². The largest absolute Gasteiger partial charge is 0.490 e. The molecule has 0 saturated carbocycles. The molecule has 1 atom stereocenters. The van der Waals surface area contributed by atoms with Crippen molar-refractivity contribution in [2.24, 2.45) is 5.92 Å². The second-order valence-electron chi connectivity index (χ2n) is 9.41. The van der Waals surface area contributed by atoms with Gasteiger partial charge in [0.1, 0.15) is 25.1 Å². The number of methoxy groups -OCH3 is 1. The van der Waals surface area contributed by atoms with Crippen LogP contribution < -0.4 is 25.4 Å². The van der Waals surface area contributed by atoms with Crippen LogP contribution in [-0.4, -0.2) is 54.1 Å². The highest BCUT2D eigenvalue weighted by Gasteiger charge is 2.21. The molecule has 4 N–H and O–H groups in total. The number of carbonyl (C=O) groups is 1. The normalized spacial score (nSPS) is 13.8. The van der Waals surface area contributed by atoms with E-state index in [2.05, 4.69) is 29.7 Å². The van der Waals surface area contributed by atoms with Crippen molar-refractivity contribution in [1.82, 2.24) is 15.9 Å². The fourth-order valence-corrected chi connectivity index (χ4v) is 3.86. The van der Waals surface area contributed by atoms with E-state index in [1.165, 1.54) is 0 Å². The summed E-state index contributed by atoms with van der Waals surface area (Å²) in [7, 11) is 1.61. The van der Waals surface area contributed by atoms with Gasteiger partial charge in [0.25, 0.3) is 0 Å². The Bertz CT molecular complexity index is 1100. The second kappa shape index (κ2) is 13.3. The van der Waals surface area contributed by atoms with Gasteiger partial charge in [0, 0.05) is 23.9 Å². The zero-order valence-corrected chi connectivity index (χ0v) is 22.2. The molecule has 0 aliphatic carbocycles. The highest BCUT2D eigenvalue weighted by atomic mass is 16.7. The summed E-state index contributed by atoms with van der Waals surface area (Å²) in [6.45, 7) is 7.74. The van der Waals surface area contributed by atoms with E-state index in [0.717, 1.165) is 40.9 Å². The van der Waals surface area contributed by atoms with Crippen LogP contribution in [0.25, 0.3) is 5.76 Å². The average Bonchev–Trinajstić information content (AvgIpc) is 3.39. The van der Waals surface area contributed by atoms with E-state index in [1.807, 2.05) is 44.3 Å². The number of aliphatic hydroxyl groups is 2. The second-order valence-corrected chi connectivity index (χ2v) is 9.41. The van der Waals surface area contributed by atoms with Crippen molar-refractivity contribution in [3.8, 4) is 11.6 Å². The Morgan fingerprint density at radius 2 is 2.05 bits per heavy atom. The molecule has 10 heteroatoms. The average molecular weight is 515 g/mol. The highest BCUT2D eigenvalue weighted by molar-refractivity contribution is 5.76. The van der Waals surface area contributed by atoms with Crippen molar-refractivity contribution in [2.75, 3.05) is 31.9 Å². The van der Waals surface area contributed by atoms with Crippen molar-refractivity contribution in [3.63, 3.8) is 0 Å². The molecule has 37 heavy (non-hydrogen) atoms. The van der Waals surface area contributed by atoms with E-state index in [9.17, 15) is 9.90 Å². The third-order valence-corrected chi connectivity index (χ3v) is 5.92. The molecule has 0 unspecified atom stereocenters. The highest BCUT2D eigenvalue weighted by Crippen LogP contribution is 2.33. The monoisotopic (exact) mass is 514 g/mol. The lowest BCUT2D eigenvalue weighted by Gasteiger charge is -2.20. The van der Waals surface area contributed by atoms with Crippen LogP contribution >= 0.6 is 0 Å². The predicted octanol–water partition coefficient (Wildman–Crippen LogP) is 2.65. The molecule has 1 aromatic heterocycles. The van der Waals surface area contributed by atoms with Gasteiger partial charge < -0.3 is 29.8 Å². The molecule has 1 amide bonds. The van der Waals surface area contributed by atoms with Gasteiger partial charge in [-0.3, -0.25) is 4.79 Å². The van der Waals surface area contributed by atoms with Crippen LogP contribution in [0.4, 0.5) is 5.69 Å². The molecule has 0 spiro atoms. The number of aryl methyl sites for hydroxylation is 3. The van der Waals surface area contributed by atoms with Gasteiger partial charge in [0.2, 0.25) is 11.8 Å². The smallest absolute Gasteiger partial charge is 0.245 e. The minimum atomic E-state index is -0.902. The van der Waals surface area contributed by atoms with Crippen LogP contribution in [0.5, 0.6) is 11.6 Å². The lowest BCUT2D eigenvalue weighted by molar-refractivity contribution is -0.124. The number of hydrogen-bond donors (Lipinski definition) is 4. The molecule has 0 fully saturated rings. The number of benzene rings is 1. The number of amides is 1. The Balaban J connectivity index is 1.75. The van der Waals surface area contributed by atoms with Crippen LogP contribution in [0.2, 0.25) is 0 Å². The fourth-order valence-electron chi connectivity index (χ4n) is 3.86. The lowest BCUT2D eigenvalue weighted by atomic mass is 10.0. The van der Waals surface area contributed by atoms with Gasteiger partial charge in [-0.15, -0.1) is 0 Å². The summed E-state index contributed by atoms with van der Waals surface area (Å²) in [5.74, 6) is 1.92. The first kappa shape index (κ1) is 28.2. The maximum atomic E-state index is 11.2. The molecular formula is C27H38N4O6. The summed E-state index contributed by atoms with van der Waals surface area (Å²) in [4.78, 5) is 21.5. The van der Waals surface area contributed by atoms with Crippen molar-refractivity contribution in [2.45, 2.75) is 53.1 Å². The summed E-state index contributed by atoms with van der Waals surface area (Å²) in [6, 6.07) is 7.84. The van der Waals surface area contributed by atoms with Gasteiger partial charge in [-0.1, -0.05) is 26.4 Å². The molecule has 1 aromatic carbocycles. The predicted molar refractivity (Wildman–Crippen MR) is 141 cm³/mol. The van der Waals surface area contributed by atoms with Crippen molar-refractivity contribution < 1.29 is 29.3 Å². The summed E-state index contributed by atoms with van der Waals surface area (Å²) >= 11 is 0. The third kappa shape index (κ3) is 7.82. The number of nitrogens with zero attached hydrogens (tertiary/aromatic N) is 2. The molecular weight excluding hydrogens is 476 g/mol. The number of pyridine rings is 1. The maximum absolute atomic E-state index is 11.2. The number of rotatable bonds is 13. The SMILES string of the molecule is CCc1cc(N2C=C(c3cc(CCC(C)C)nc(OC)c3)ON2)cc(C)c1OC[C@@H](O)CNC(=O)CO. The van der Waals surface area contributed by atoms with Gasteiger partial charge in [-0.05, 0) is 61.4 Å². The van der Waals surface area contributed by atoms with E-state index < -0.39 is 18.6 Å². The number of anilines is 1. The quantitative estimate of drug-likeness (QED) is 0.319. The standard InChI is InChI=1S/C27H38N4O6/c1-6-19-11-22(9-18(4)27(19)36-16-23(33)13-28-25(34)15-32)31-14-24(37-30-31)20-10-21(8-7-17(2)3)29-26(12-20)35-5/h9-12,14,17,23,30,32-33H,6-8,13,15-16H2,1-5H3,(H,28,34)/t23-/m0/s1. The Morgan fingerprint density at radius 3 is 2.73 bits per heavy atom. The Morgan fingerprint density at radius 1 is 1.27 bits per heavy atom. The number of nitrogens with one attached hydrogen (secondary N) is 2. The summed E-state index contributed by atoms with van der Waals surface area (Å²) in [5.41, 5.74) is 7.50. The maximum Gasteiger partial charge on any atom is 0.245 e. The molecule has 0 radical (unpaired) electrons. The summed E-state index contributed by atoms with van der Waals surface area (Å²) in [5, 5.41) is 23.1. The van der Waals surface area contributed by atoms with E-state index in [-0.39, 0.29) is 13.2 Å². The number of hydrogen-bond acceptors (Lipinski definition) is 9. The molecule has 10 nitrogen and oxygen atoms in total. The molecule has 1 aliphatic rings. The van der Waals surface area contributed by atoms with E-state index >= 15 is 0 Å². The van der Waals surface area contributed by atoms with Gasteiger partial charge in [0.05, 0.1) is 19.0 Å². The Hall–Kier alpha value is -3.34. The topological polar surface area (TPSA) is 125 Å². The lowest BCUT2D eigenvalue weighted by Crippen LogP contribution is -2.36. The first-order valence-corrected chi connectivity index (χ1v) is 12.5. The van der Waals surface area contributed by atoms with Gasteiger partial charge >= 0.3 is 0 Å². The van der Waals surface area contributed by atoms with E-state index in [4.69, 9.17) is 19.4 Å². The first-order chi connectivity index (χ1) is 17.7. The van der Waals surface area contributed by atoms with Crippen LogP contribution in [-0.2, 0) is 22.5 Å². The molecule has 0 bridgehead atoms. The Labute approximate surface area is 218 Å². The minimum Gasteiger partial charge on any atom is -0.490 e. The molecule has 3 rings (SSSR count). The fraction of sp³-hybridized carbons (Fsp3) is 0.481. The molecule has 2 heterocycles. The molecule has 2 aromatic rings. The first-order valence-electron chi connectivity index (χ1n) is 12.5. The molecule has 1 aliphatic heterocycles. The van der Waals surface area contributed by atoms with Gasteiger partial charge in [-0.2, -0.15) is 0 Å². The van der Waals surface area contributed by atoms with Crippen molar-refractivity contribution in [3.05, 3.63) is 52.8 Å². The van der Waals surface area contributed by atoms with Crippen LogP contribution in [0, 0.1) is 12.8 Å². The third-order valence-electron chi connectivity index (χ3n) is 5.92. The number of ether oxygens (including phenoxy) is 2. The molecule has 0 saturated heterocycles. The van der Waals surface area contributed by atoms with Gasteiger partial charge in [-0.25, -0.2) is 9.99 Å². The zero-order valence-electron chi connectivity index (χ0n) is 22.2. The molecule has 202 valence electrons.